The molecular formula is C11H19NO. The highest BCUT2D eigenvalue weighted by molar-refractivity contribution is 4.80. The fraction of sp³-hybridized carbons (Fsp3) is 0.727. The molecular weight excluding hydrogens is 162 g/mol. The summed E-state index contributed by atoms with van der Waals surface area (Å²) in [5.74, 6) is 0. The minimum atomic E-state index is 0.155. The summed E-state index contributed by atoms with van der Waals surface area (Å²) in [5, 5.41) is 16.7. The van der Waals surface area contributed by atoms with Gasteiger partial charge in [0.1, 0.15) is 0 Å². The van der Waals surface area contributed by atoms with Crippen molar-refractivity contribution >= 4 is 0 Å². The van der Waals surface area contributed by atoms with Crippen LogP contribution in [0.25, 0.3) is 0 Å². The number of hydrogen-bond acceptors (Lipinski definition) is 2. The largest absolute Gasteiger partial charge is 0.392 e. The van der Waals surface area contributed by atoms with Gasteiger partial charge in [0, 0.05) is 6.42 Å². The van der Waals surface area contributed by atoms with Crippen molar-refractivity contribution in [1.82, 2.24) is 0 Å². The van der Waals surface area contributed by atoms with E-state index in [0.29, 0.717) is 6.42 Å². The first kappa shape index (κ1) is 12.2. The molecule has 13 heavy (non-hydrogen) atoms. The van der Waals surface area contributed by atoms with Crippen molar-refractivity contribution in [3.05, 3.63) is 12.2 Å². The van der Waals surface area contributed by atoms with E-state index in [0.717, 1.165) is 12.8 Å². The lowest BCUT2D eigenvalue weighted by molar-refractivity contribution is 0.342. The lowest BCUT2D eigenvalue weighted by Gasteiger charge is -1.96. The normalized spacial score (nSPS) is 10.5. The van der Waals surface area contributed by atoms with Gasteiger partial charge in [-0.25, -0.2) is 0 Å². The Labute approximate surface area is 80.9 Å². The first-order valence-corrected chi connectivity index (χ1v) is 5.04. The second-order valence-corrected chi connectivity index (χ2v) is 3.12. The molecule has 0 unspecified atom stereocenters. The summed E-state index contributed by atoms with van der Waals surface area (Å²) in [5.41, 5.74) is 0. The summed E-state index contributed by atoms with van der Waals surface area (Å²) in [4.78, 5) is 0. The summed E-state index contributed by atoms with van der Waals surface area (Å²) in [6.45, 7) is 0.155. The van der Waals surface area contributed by atoms with E-state index in [2.05, 4.69) is 6.07 Å². The first-order valence-electron chi connectivity index (χ1n) is 5.04. The van der Waals surface area contributed by atoms with E-state index in [1.165, 1.54) is 25.7 Å². The topological polar surface area (TPSA) is 44.0 Å². The summed E-state index contributed by atoms with van der Waals surface area (Å²) in [6, 6.07) is 2.15. The van der Waals surface area contributed by atoms with Crippen LogP contribution in [0, 0.1) is 11.3 Å². The number of nitriles is 1. The highest BCUT2D eigenvalue weighted by Crippen LogP contribution is 2.06. The van der Waals surface area contributed by atoms with Crippen LogP contribution in [0.1, 0.15) is 44.9 Å². The van der Waals surface area contributed by atoms with Gasteiger partial charge in [-0.3, -0.25) is 0 Å². The predicted octanol–water partition coefficient (Wildman–Crippen LogP) is 2.79. The van der Waals surface area contributed by atoms with Gasteiger partial charge in [-0.05, 0) is 19.3 Å². The van der Waals surface area contributed by atoms with Gasteiger partial charge < -0.3 is 5.11 Å². The summed E-state index contributed by atoms with van der Waals surface area (Å²) >= 11 is 0. The molecule has 0 heterocycles. The molecule has 0 spiro atoms. The minimum Gasteiger partial charge on any atom is -0.392 e. The molecule has 0 atom stereocenters. The average molecular weight is 181 g/mol. The van der Waals surface area contributed by atoms with E-state index >= 15 is 0 Å². The zero-order valence-electron chi connectivity index (χ0n) is 8.21. The first-order chi connectivity index (χ1) is 6.41. The molecule has 2 heteroatoms. The van der Waals surface area contributed by atoms with E-state index < -0.39 is 0 Å². The van der Waals surface area contributed by atoms with Crippen LogP contribution < -0.4 is 0 Å². The van der Waals surface area contributed by atoms with Crippen LogP contribution in [0.5, 0.6) is 0 Å². The maximum absolute atomic E-state index is 8.45. The number of aliphatic hydroxyl groups excluding tert-OH is 1. The smallest absolute Gasteiger partial charge is 0.0621 e. The quantitative estimate of drug-likeness (QED) is 0.462. The number of aliphatic hydroxyl groups is 1. The van der Waals surface area contributed by atoms with Gasteiger partial charge in [0.2, 0.25) is 0 Å². The molecule has 0 saturated heterocycles. The monoisotopic (exact) mass is 181 g/mol. The maximum Gasteiger partial charge on any atom is 0.0621 e. The van der Waals surface area contributed by atoms with Gasteiger partial charge in [0.15, 0.2) is 0 Å². The Balaban J connectivity index is 2.92. The summed E-state index contributed by atoms with van der Waals surface area (Å²) < 4.78 is 0. The Hall–Kier alpha value is -0.810. The molecule has 0 aromatic rings. The third kappa shape index (κ3) is 11.2. The Morgan fingerprint density at radius 2 is 1.69 bits per heavy atom. The molecule has 0 aromatic heterocycles. The molecule has 1 N–H and O–H groups in total. The van der Waals surface area contributed by atoms with Gasteiger partial charge >= 0.3 is 0 Å². The molecule has 0 rings (SSSR count). The maximum atomic E-state index is 8.45. The number of unbranched alkanes of at least 4 members (excludes halogenated alkanes) is 6. The molecule has 0 aliphatic heterocycles. The lowest BCUT2D eigenvalue weighted by Crippen LogP contribution is -1.78. The highest BCUT2D eigenvalue weighted by Gasteiger charge is 1.88. The molecule has 0 amide bonds. The fourth-order valence-electron chi connectivity index (χ4n) is 1.19. The number of rotatable bonds is 8. The van der Waals surface area contributed by atoms with Crippen LogP contribution >= 0.6 is 0 Å². The van der Waals surface area contributed by atoms with Crippen molar-refractivity contribution in [2.45, 2.75) is 44.9 Å². The molecule has 0 radical (unpaired) electrons. The van der Waals surface area contributed by atoms with E-state index in [1.807, 2.05) is 6.08 Å². The second-order valence-electron chi connectivity index (χ2n) is 3.12. The van der Waals surface area contributed by atoms with Crippen LogP contribution in [-0.4, -0.2) is 11.7 Å². The molecule has 0 aromatic carbocycles. The summed E-state index contributed by atoms with van der Waals surface area (Å²) in [6.07, 6.45) is 11.5. The van der Waals surface area contributed by atoms with Gasteiger partial charge in [0.25, 0.3) is 0 Å². The second kappa shape index (κ2) is 11.2. The van der Waals surface area contributed by atoms with Crippen LogP contribution in [0.4, 0.5) is 0 Å². The third-order valence-corrected chi connectivity index (χ3v) is 1.93. The Morgan fingerprint density at radius 1 is 1.00 bits per heavy atom. The average Bonchev–Trinajstić information content (AvgIpc) is 2.16. The third-order valence-electron chi connectivity index (χ3n) is 1.93. The molecule has 74 valence electrons. The zero-order valence-corrected chi connectivity index (χ0v) is 8.21. The molecule has 0 fully saturated rings. The molecule has 0 aliphatic rings. The molecule has 0 bridgehead atoms. The van der Waals surface area contributed by atoms with E-state index in [-0.39, 0.29) is 6.61 Å². The van der Waals surface area contributed by atoms with Gasteiger partial charge in [-0.2, -0.15) is 5.26 Å². The van der Waals surface area contributed by atoms with E-state index in [4.69, 9.17) is 10.4 Å². The van der Waals surface area contributed by atoms with Crippen molar-refractivity contribution in [1.29, 1.82) is 5.26 Å². The Morgan fingerprint density at radius 3 is 2.38 bits per heavy atom. The van der Waals surface area contributed by atoms with Crippen molar-refractivity contribution in [2.24, 2.45) is 0 Å². The number of nitrogens with zero attached hydrogens (tertiary/aromatic N) is 1. The van der Waals surface area contributed by atoms with Crippen LogP contribution in [0.2, 0.25) is 0 Å². The number of hydrogen-bond donors (Lipinski definition) is 1. The minimum absolute atomic E-state index is 0.155. The van der Waals surface area contributed by atoms with E-state index in [9.17, 15) is 0 Å². The van der Waals surface area contributed by atoms with Crippen molar-refractivity contribution in [3.63, 3.8) is 0 Å². The zero-order chi connectivity index (χ0) is 9.78. The summed E-state index contributed by atoms with van der Waals surface area (Å²) in [7, 11) is 0. The highest BCUT2D eigenvalue weighted by atomic mass is 16.2. The number of allylic oxidation sites excluding steroid dienone is 1. The lowest BCUT2D eigenvalue weighted by atomic mass is 10.1. The Bertz CT molecular complexity index is 158. The van der Waals surface area contributed by atoms with Gasteiger partial charge in [-0.1, -0.05) is 31.4 Å². The SMILES string of the molecule is N#CCCCCCCCC=CCO. The van der Waals surface area contributed by atoms with Gasteiger partial charge in [0.05, 0.1) is 12.7 Å². The van der Waals surface area contributed by atoms with E-state index in [1.54, 1.807) is 6.08 Å². The van der Waals surface area contributed by atoms with Crippen LogP contribution in [0.3, 0.4) is 0 Å². The van der Waals surface area contributed by atoms with Crippen molar-refractivity contribution in [2.75, 3.05) is 6.61 Å². The van der Waals surface area contributed by atoms with Crippen LogP contribution in [-0.2, 0) is 0 Å². The standard InChI is InChI=1S/C11H19NO/c12-10-8-6-4-2-1-3-5-7-9-11-13/h7,9,13H,1-6,8,11H2. The Kier molecular flexibility index (Phi) is 10.5. The van der Waals surface area contributed by atoms with Crippen molar-refractivity contribution < 1.29 is 5.11 Å². The van der Waals surface area contributed by atoms with Crippen LogP contribution in [0.15, 0.2) is 12.2 Å². The molecule has 0 saturated carbocycles. The van der Waals surface area contributed by atoms with Crippen molar-refractivity contribution in [3.8, 4) is 6.07 Å². The molecule has 0 aliphatic carbocycles. The molecule has 2 nitrogen and oxygen atoms in total. The van der Waals surface area contributed by atoms with Gasteiger partial charge in [-0.15, -0.1) is 0 Å². The predicted molar refractivity (Wildman–Crippen MR) is 54.2 cm³/mol. The fourth-order valence-corrected chi connectivity index (χ4v) is 1.19.